The highest BCUT2D eigenvalue weighted by Gasteiger charge is 2.50. The molecule has 0 saturated carbocycles. The summed E-state index contributed by atoms with van der Waals surface area (Å²) in [6.45, 7) is 0.284. The highest BCUT2D eigenvalue weighted by molar-refractivity contribution is 7.93. The predicted molar refractivity (Wildman–Crippen MR) is 49.5 cm³/mol. The molecule has 13 heavy (non-hydrogen) atoms. The van der Waals surface area contributed by atoms with Gasteiger partial charge in [-0.3, -0.25) is 0 Å². The van der Waals surface area contributed by atoms with Crippen LogP contribution in [0.1, 0.15) is 6.42 Å². The van der Waals surface area contributed by atoms with Gasteiger partial charge in [0, 0.05) is 18.8 Å². The highest BCUT2D eigenvalue weighted by Crippen LogP contribution is 2.34. The molecule has 0 aliphatic carbocycles. The summed E-state index contributed by atoms with van der Waals surface area (Å²) >= 11 is 0. The molecular formula is C6H12N2O3S2. The summed E-state index contributed by atoms with van der Waals surface area (Å²) in [4.78, 5) is 0. The standard InChI is InChI=1S/C6H12N2O3S2/c1-12(7,9)8-3-6-2-5(8)4-13(6,10)11/h5-7H,2-4H2,1H3. The Morgan fingerprint density at radius 2 is 2.15 bits per heavy atom. The van der Waals surface area contributed by atoms with E-state index in [4.69, 9.17) is 4.78 Å². The summed E-state index contributed by atoms with van der Waals surface area (Å²) in [7, 11) is -5.65. The van der Waals surface area contributed by atoms with Gasteiger partial charge in [0.25, 0.3) is 0 Å². The van der Waals surface area contributed by atoms with Crippen molar-refractivity contribution >= 4 is 19.8 Å². The molecule has 7 heteroatoms. The SMILES string of the molecule is CS(=N)(=O)N1CC2CC1CS2(=O)=O. The van der Waals surface area contributed by atoms with Crippen LogP contribution in [0, 0.1) is 4.78 Å². The minimum Gasteiger partial charge on any atom is -0.240 e. The molecule has 2 saturated heterocycles. The molecule has 2 aliphatic heterocycles. The number of fused-ring (bicyclic) bond motifs is 2. The Hall–Kier alpha value is -0.140. The lowest BCUT2D eigenvalue weighted by Crippen LogP contribution is -2.42. The molecule has 0 amide bonds. The van der Waals surface area contributed by atoms with Crippen LogP contribution in [-0.2, 0) is 19.8 Å². The molecule has 2 bridgehead atoms. The second-order valence-corrected chi connectivity index (χ2v) is 8.14. The molecule has 2 fully saturated rings. The Balaban J connectivity index is 2.31. The fraction of sp³-hybridized carbons (Fsp3) is 1.00. The van der Waals surface area contributed by atoms with Crippen LogP contribution >= 0.6 is 0 Å². The molecule has 2 heterocycles. The zero-order chi connectivity index (χ0) is 9.85. The average molecular weight is 224 g/mol. The molecule has 76 valence electrons. The minimum absolute atomic E-state index is 0.0847. The van der Waals surface area contributed by atoms with Gasteiger partial charge in [-0.15, -0.1) is 0 Å². The molecule has 2 aliphatic rings. The van der Waals surface area contributed by atoms with Crippen molar-refractivity contribution in [2.45, 2.75) is 17.7 Å². The molecule has 2 rings (SSSR count). The molecule has 0 aromatic carbocycles. The molecule has 3 unspecified atom stereocenters. The third kappa shape index (κ3) is 1.38. The number of hydrogen-bond acceptors (Lipinski definition) is 4. The number of nitrogens with zero attached hydrogens (tertiary/aromatic N) is 1. The van der Waals surface area contributed by atoms with Crippen molar-refractivity contribution in [3.63, 3.8) is 0 Å². The van der Waals surface area contributed by atoms with Crippen LogP contribution in [0.4, 0.5) is 0 Å². The lowest BCUT2D eigenvalue weighted by Gasteiger charge is -2.25. The van der Waals surface area contributed by atoms with Crippen molar-refractivity contribution in [2.24, 2.45) is 0 Å². The minimum atomic E-state index is -2.93. The van der Waals surface area contributed by atoms with Crippen LogP contribution in [0.3, 0.4) is 0 Å². The van der Waals surface area contributed by atoms with E-state index < -0.39 is 19.8 Å². The third-order valence-corrected chi connectivity index (χ3v) is 6.25. The summed E-state index contributed by atoms with van der Waals surface area (Å²) in [5, 5.41) is -0.372. The molecule has 0 aromatic heterocycles. The van der Waals surface area contributed by atoms with E-state index in [0.29, 0.717) is 6.42 Å². The monoisotopic (exact) mass is 224 g/mol. The third-order valence-electron chi connectivity index (χ3n) is 2.71. The molecule has 0 radical (unpaired) electrons. The van der Waals surface area contributed by atoms with E-state index >= 15 is 0 Å². The number of hydrogen-bond donors (Lipinski definition) is 1. The van der Waals surface area contributed by atoms with Gasteiger partial charge >= 0.3 is 0 Å². The van der Waals surface area contributed by atoms with Crippen molar-refractivity contribution in [3.8, 4) is 0 Å². The van der Waals surface area contributed by atoms with Crippen molar-refractivity contribution < 1.29 is 12.6 Å². The maximum atomic E-state index is 11.4. The van der Waals surface area contributed by atoms with Gasteiger partial charge in [0.1, 0.15) is 9.92 Å². The molecule has 5 nitrogen and oxygen atoms in total. The molecule has 0 spiro atoms. The fourth-order valence-corrected chi connectivity index (χ4v) is 5.50. The van der Waals surface area contributed by atoms with Crippen molar-refractivity contribution in [2.75, 3.05) is 18.6 Å². The summed E-state index contributed by atoms with van der Waals surface area (Å²) < 4.78 is 42.9. The van der Waals surface area contributed by atoms with Gasteiger partial charge in [-0.25, -0.2) is 21.7 Å². The highest BCUT2D eigenvalue weighted by atomic mass is 32.2. The van der Waals surface area contributed by atoms with Crippen molar-refractivity contribution in [1.82, 2.24) is 4.31 Å². The van der Waals surface area contributed by atoms with E-state index in [-0.39, 0.29) is 23.6 Å². The topological polar surface area (TPSA) is 78.3 Å². The average Bonchev–Trinajstić information content (AvgIpc) is 2.38. The van der Waals surface area contributed by atoms with E-state index in [2.05, 4.69) is 0 Å². The summed E-state index contributed by atoms with van der Waals surface area (Å²) in [5.74, 6) is 0.0847. The summed E-state index contributed by atoms with van der Waals surface area (Å²) in [6, 6.07) is -0.176. The maximum absolute atomic E-state index is 11.4. The number of rotatable bonds is 1. The Bertz CT molecular complexity index is 425. The maximum Gasteiger partial charge on any atom is 0.156 e. The van der Waals surface area contributed by atoms with Gasteiger partial charge in [0.15, 0.2) is 9.84 Å². The van der Waals surface area contributed by atoms with Crippen LogP contribution in [-0.4, -0.2) is 46.8 Å². The lowest BCUT2D eigenvalue weighted by molar-refractivity contribution is 0.428. The van der Waals surface area contributed by atoms with Crippen LogP contribution in [0.5, 0.6) is 0 Å². The van der Waals surface area contributed by atoms with Crippen molar-refractivity contribution in [1.29, 1.82) is 4.78 Å². The van der Waals surface area contributed by atoms with Crippen LogP contribution in [0.2, 0.25) is 0 Å². The summed E-state index contributed by atoms with van der Waals surface area (Å²) in [5.41, 5.74) is 0. The second-order valence-electron chi connectivity index (χ2n) is 3.74. The van der Waals surface area contributed by atoms with E-state index in [1.165, 1.54) is 10.6 Å². The second kappa shape index (κ2) is 2.46. The Morgan fingerprint density at radius 1 is 1.54 bits per heavy atom. The first-order chi connectivity index (χ1) is 5.81. The van der Waals surface area contributed by atoms with Gasteiger partial charge in [-0.2, -0.15) is 0 Å². The quantitative estimate of drug-likeness (QED) is 0.649. The zero-order valence-corrected chi connectivity index (χ0v) is 8.90. The van der Waals surface area contributed by atoms with Gasteiger partial charge in [-0.05, 0) is 6.42 Å². The van der Waals surface area contributed by atoms with Crippen molar-refractivity contribution in [3.05, 3.63) is 0 Å². The molecule has 0 aromatic rings. The number of nitrogens with one attached hydrogen (secondary N) is 1. The van der Waals surface area contributed by atoms with Gasteiger partial charge < -0.3 is 0 Å². The molecule has 3 atom stereocenters. The van der Waals surface area contributed by atoms with E-state index in [9.17, 15) is 12.6 Å². The largest absolute Gasteiger partial charge is 0.240 e. The van der Waals surface area contributed by atoms with E-state index in [1.807, 2.05) is 0 Å². The number of sulfone groups is 1. The van der Waals surface area contributed by atoms with Crippen LogP contribution < -0.4 is 0 Å². The first-order valence-corrected chi connectivity index (χ1v) is 7.67. The predicted octanol–water partition coefficient (Wildman–Crippen LogP) is -0.551. The van der Waals surface area contributed by atoms with Gasteiger partial charge in [-0.1, -0.05) is 0 Å². The Morgan fingerprint density at radius 3 is 2.46 bits per heavy atom. The zero-order valence-electron chi connectivity index (χ0n) is 7.26. The van der Waals surface area contributed by atoms with E-state index in [1.54, 1.807) is 0 Å². The van der Waals surface area contributed by atoms with E-state index in [0.717, 1.165) is 0 Å². The molecular weight excluding hydrogens is 212 g/mol. The first kappa shape index (κ1) is 9.42. The first-order valence-electron chi connectivity index (χ1n) is 4.03. The molecule has 1 N–H and O–H groups in total. The fourth-order valence-electron chi connectivity index (χ4n) is 2.09. The normalized spacial score (nSPS) is 41.9. The van der Waals surface area contributed by atoms with Crippen LogP contribution in [0.25, 0.3) is 0 Å². The smallest absolute Gasteiger partial charge is 0.156 e. The van der Waals surface area contributed by atoms with Gasteiger partial charge in [0.05, 0.1) is 11.0 Å². The summed E-state index contributed by atoms with van der Waals surface area (Å²) in [6.07, 6.45) is 1.91. The Labute approximate surface area is 78.1 Å². The Kier molecular flexibility index (Phi) is 1.78. The van der Waals surface area contributed by atoms with Crippen LogP contribution in [0.15, 0.2) is 0 Å². The van der Waals surface area contributed by atoms with Gasteiger partial charge in [0.2, 0.25) is 0 Å². The lowest BCUT2D eigenvalue weighted by atomic mass is 10.3.